The summed E-state index contributed by atoms with van der Waals surface area (Å²) in [5, 5.41) is 2.76. The van der Waals surface area contributed by atoms with E-state index < -0.39 is 6.36 Å². The summed E-state index contributed by atoms with van der Waals surface area (Å²) in [6, 6.07) is 12.7. The second kappa shape index (κ2) is 8.55. The third-order valence-electron chi connectivity index (χ3n) is 4.84. The van der Waals surface area contributed by atoms with Crippen LogP contribution in [-0.4, -0.2) is 29.6 Å². The van der Waals surface area contributed by atoms with Gasteiger partial charge in [0.25, 0.3) is 0 Å². The molecule has 1 unspecified atom stereocenters. The number of benzene rings is 2. The van der Waals surface area contributed by atoms with Crippen LogP contribution in [-0.2, 0) is 22.6 Å². The number of amides is 2. The van der Waals surface area contributed by atoms with Gasteiger partial charge in [0.1, 0.15) is 5.75 Å². The molecule has 8 heteroatoms. The molecule has 2 aromatic carbocycles. The maximum absolute atomic E-state index is 12.5. The second-order valence-corrected chi connectivity index (χ2v) is 6.85. The van der Waals surface area contributed by atoms with Crippen molar-refractivity contribution in [2.75, 3.05) is 6.54 Å². The molecule has 1 aliphatic rings. The van der Waals surface area contributed by atoms with Crippen molar-refractivity contribution in [3.8, 4) is 5.75 Å². The van der Waals surface area contributed by atoms with Crippen LogP contribution in [0, 0.1) is 0 Å². The first-order valence-electron chi connectivity index (χ1n) is 9.19. The molecule has 2 aromatic rings. The van der Waals surface area contributed by atoms with E-state index >= 15 is 0 Å². The van der Waals surface area contributed by atoms with Gasteiger partial charge in [-0.1, -0.05) is 36.4 Å². The van der Waals surface area contributed by atoms with Gasteiger partial charge < -0.3 is 15.0 Å². The Balaban J connectivity index is 1.62. The lowest BCUT2D eigenvalue weighted by atomic mass is 9.90. The van der Waals surface area contributed by atoms with Crippen molar-refractivity contribution >= 4 is 11.8 Å². The van der Waals surface area contributed by atoms with E-state index in [0.29, 0.717) is 12.1 Å². The highest BCUT2D eigenvalue weighted by atomic mass is 19.4. The van der Waals surface area contributed by atoms with E-state index in [1.165, 1.54) is 31.2 Å². The molecular weight excluding hydrogens is 385 g/mol. The molecule has 1 N–H and O–H groups in total. The van der Waals surface area contributed by atoms with Gasteiger partial charge in [-0.15, -0.1) is 13.2 Å². The summed E-state index contributed by atoms with van der Waals surface area (Å²) >= 11 is 0. The first kappa shape index (κ1) is 20.7. The summed E-state index contributed by atoms with van der Waals surface area (Å²) in [6.07, 6.45) is -3.87. The third-order valence-corrected chi connectivity index (χ3v) is 4.84. The molecule has 0 bridgehead atoms. The first-order valence-corrected chi connectivity index (χ1v) is 9.19. The molecule has 1 heterocycles. The number of fused-ring (bicyclic) bond motifs is 1. The number of nitrogens with zero attached hydrogens (tertiary/aromatic N) is 1. The van der Waals surface area contributed by atoms with Crippen molar-refractivity contribution in [3.63, 3.8) is 0 Å². The Kier molecular flexibility index (Phi) is 6.10. The van der Waals surface area contributed by atoms with Crippen LogP contribution >= 0.6 is 0 Å². The van der Waals surface area contributed by atoms with Crippen molar-refractivity contribution in [1.29, 1.82) is 0 Å². The highest BCUT2D eigenvalue weighted by Gasteiger charge is 2.31. The lowest BCUT2D eigenvalue weighted by Crippen LogP contribution is -2.41. The van der Waals surface area contributed by atoms with Gasteiger partial charge in [0.2, 0.25) is 11.8 Å². The van der Waals surface area contributed by atoms with Crippen LogP contribution in [0.4, 0.5) is 13.2 Å². The monoisotopic (exact) mass is 406 g/mol. The topological polar surface area (TPSA) is 58.6 Å². The molecule has 0 fully saturated rings. The van der Waals surface area contributed by atoms with Gasteiger partial charge >= 0.3 is 6.36 Å². The van der Waals surface area contributed by atoms with Crippen molar-refractivity contribution in [1.82, 2.24) is 10.2 Å². The van der Waals surface area contributed by atoms with Crippen molar-refractivity contribution in [2.45, 2.75) is 38.7 Å². The minimum Gasteiger partial charge on any atom is -0.406 e. The largest absolute Gasteiger partial charge is 0.573 e. The van der Waals surface area contributed by atoms with E-state index in [0.717, 1.165) is 17.5 Å². The molecule has 5 nitrogen and oxygen atoms in total. The van der Waals surface area contributed by atoms with Crippen LogP contribution in [0.1, 0.15) is 36.1 Å². The van der Waals surface area contributed by atoms with Gasteiger partial charge in [0.05, 0.1) is 12.5 Å². The second-order valence-electron chi connectivity index (χ2n) is 6.85. The highest BCUT2D eigenvalue weighted by Crippen LogP contribution is 2.32. The van der Waals surface area contributed by atoms with Gasteiger partial charge in [0, 0.05) is 20.0 Å². The van der Waals surface area contributed by atoms with Gasteiger partial charge in [-0.25, -0.2) is 0 Å². The van der Waals surface area contributed by atoms with Crippen LogP contribution in [0.5, 0.6) is 5.75 Å². The molecule has 1 aliphatic heterocycles. The van der Waals surface area contributed by atoms with E-state index in [1.807, 2.05) is 24.3 Å². The van der Waals surface area contributed by atoms with Crippen LogP contribution in [0.25, 0.3) is 0 Å². The van der Waals surface area contributed by atoms with Gasteiger partial charge in [-0.05, 0) is 35.2 Å². The SMILES string of the molecule is CC(=O)N1CCc2ccccc2C1CC(=O)NCc1ccc(OC(F)(F)F)cc1. The zero-order valence-corrected chi connectivity index (χ0v) is 15.8. The smallest absolute Gasteiger partial charge is 0.406 e. The van der Waals surface area contributed by atoms with Crippen molar-refractivity contribution in [3.05, 3.63) is 65.2 Å². The average Bonchev–Trinajstić information content (AvgIpc) is 2.66. The lowest BCUT2D eigenvalue weighted by molar-refractivity contribution is -0.274. The summed E-state index contributed by atoms with van der Waals surface area (Å²) in [4.78, 5) is 26.2. The van der Waals surface area contributed by atoms with Gasteiger partial charge in [-0.2, -0.15) is 0 Å². The summed E-state index contributed by atoms with van der Waals surface area (Å²) < 4.78 is 40.4. The minimum absolute atomic E-state index is 0.0856. The quantitative estimate of drug-likeness (QED) is 0.823. The average molecular weight is 406 g/mol. The molecule has 0 spiro atoms. The van der Waals surface area contributed by atoms with Crippen LogP contribution < -0.4 is 10.1 Å². The lowest BCUT2D eigenvalue weighted by Gasteiger charge is -2.36. The minimum atomic E-state index is -4.74. The number of hydrogen-bond acceptors (Lipinski definition) is 3. The number of halogens is 3. The molecule has 2 amide bonds. The van der Waals surface area contributed by atoms with Crippen LogP contribution in [0.15, 0.2) is 48.5 Å². The molecule has 0 saturated carbocycles. The predicted octanol–water partition coefficient (Wildman–Crippen LogP) is 3.74. The number of alkyl halides is 3. The fourth-order valence-electron chi connectivity index (χ4n) is 3.51. The normalized spacial score (nSPS) is 16.1. The Labute approximate surface area is 166 Å². The first-order chi connectivity index (χ1) is 13.7. The number of rotatable bonds is 5. The molecule has 3 rings (SSSR count). The Hall–Kier alpha value is -3.03. The zero-order chi connectivity index (χ0) is 21.0. The number of carbonyl (C=O) groups is 2. The Morgan fingerprint density at radius 1 is 1.14 bits per heavy atom. The molecular formula is C21H21F3N2O3. The number of nitrogens with one attached hydrogen (secondary N) is 1. The van der Waals surface area contributed by atoms with Crippen molar-refractivity contribution in [2.24, 2.45) is 0 Å². The van der Waals surface area contributed by atoms with Gasteiger partial charge in [0.15, 0.2) is 0 Å². The van der Waals surface area contributed by atoms with E-state index in [4.69, 9.17) is 0 Å². The third kappa shape index (κ3) is 5.49. The highest BCUT2D eigenvalue weighted by molar-refractivity contribution is 5.79. The van der Waals surface area contributed by atoms with Gasteiger partial charge in [-0.3, -0.25) is 9.59 Å². The fourth-order valence-corrected chi connectivity index (χ4v) is 3.51. The molecule has 29 heavy (non-hydrogen) atoms. The molecule has 0 radical (unpaired) electrons. The summed E-state index contributed by atoms with van der Waals surface area (Å²) in [6.45, 7) is 2.22. The maximum atomic E-state index is 12.5. The molecule has 0 saturated heterocycles. The number of carbonyl (C=O) groups excluding carboxylic acids is 2. The van der Waals surface area contributed by atoms with Crippen LogP contribution in [0.2, 0.25) is 0 Å². The maximum Gasteiger partial charge on any atom is 0.573 e. The van der Waals surface area contributed by atoms with Crippen LogP contribution in [0.3, 0.4) is 0 Å². The van der Waals surface area contributed by atoms with E-state index in [9.17, 15) is 22.8 Å². The fraction of sp³-hybridized carbons (Fsp3) is 0.333. The summed E-state index contributed by atoms with van der Waals surface area (Å²) in [5.74, 6) is -0.644. The molecule has 1 atom stereocenters. The van der Waals surface area contributed by atoms with E-state index in [2.05, 4.69) is 10.1 Å². The number of hydrogen-bond donors (Lipinski definition) is 1. The molecule has 154 valence electrons. The Morgan fingerprint density at radius 3 is 2.48 bits per heavy atom. The molecule has 0 aliphatic carbocycles. The van der Waals surface area contributed by atoms with Crippen molar-refractivity contribution < 1.29 is 27.5 Å². The molecule has 0 aromatic heterocycles. The zero-order valence-electron chi connectivity index (χ0n) is 15.8. The Bertz CT molecular complexity index is 881. The summed E-state index contributed by atoms with van der Waals surface area (Å²) in [5.41, 5.74) is 2.74. The standard InChI is InChI=1S/C21H21F3N2O3/c1-14(27)26-11-10-16-4-2-3-5-18(16)19(26)12-20(28)25-13-15-6-8-17(9-7-15)29-21(22,23)24/h2-9,19H,10-13H2,1H3,(H,25,28). The Morgan fingerprint density at radius 2 is 1.83 bits per heavy atom. The summed E-state index contributed by atoms with van der Waals surface area (Å²) in [7, 11) is 0. The van der Waals surface area contributed by atoms with E-state index in [1.54, 1.807) is 4.90 Å². The number of ether oxygens (including phenoxy) is 1. The predicted molar refractivity (Wildman–Crippen MR) is 99.9 cm³/mol. The van der Waals surface area contributed by atoms with E-state index in [-0.39, 0.29) is 36.6 Å².